The number of thiophene rings is 1. The van der Waals surface area contributed by atoms with Crippen LogP contribution in [0.1, 0.15) is 37.0 Å². The number of benzene rings is 1. The molecule has 2 saturated heterocycles. The zero-order chi connectivity index (χ0) is 25.6. The first-order valence-corrected chi connectivity index (χ1v) is 15.1. The molecule has 1 aromatic heterocycles. The van der Waals surface area contributed by atoms with Gasteiger partial charge in [-0.1, -0.05) is 43.5 Å². The highest BCUT2D eigenvalue weighted by Gasteiger charge is 2.72. The SMILES string of the molecule is CSc1cccc(NC(=O)C2[C@H]3C=CC4(O3)C(C(=O)NC3CCCCC3)N(Cc3cccs3)C(=O)[C@@H]24)c1. The summed E-state index contributed by atoms with van der Waals surface area (Å²) in [4.78, 5) is 45.2. The zero-order valence-electron chi connectivity index (χ0n) is 20.7. The second kappa shape index (κ2) is 9.93. The third-order valence-electron chi connectivity index (χ3n) is 8.12. The number of likely N-dealkylation sites (tertiary alicyclic amines) is 1. The van der Waals surface area contributed by atoms with Crippen LogP contribution in [0.25, 0.3) is 0 Å². The Bertz CT molecular complexity index is 1230. The van der Waals surface area contributed by atoms with Crippen molar-refractivity contribution in [3.8, 4) is 0 Å². The van der Waals surface area contributed by atoms with Crippen LogP contribution in [-0.2, 0) is 25.7 Å². The van der Waals surface area contributed by atoms with Gasteiger partial charge in [-0.15, -0.1) is 23.1 Å². The van der Waals surface area contributed by atoms with Crippen molar-refractivity contribution < 1.29 is 19.1 Å². The van der Waals surface area contributed by atoms with E-state index in [0.717, 1.165) is 35.5 Å². The van der Waals surface area contributed by atoms with Gasteiger partial charge in [-0.25, -0.2) is 0 Å². The van der Waals surface area contributed by atoms with E-state index in [0.29, 0.717) is 12.2 Å². The molecule has 4 aliphatic rings. The number of amides is 3. The van der Waals surface area contributed by atoms with Crippen LogP contribution in [0.3, 0.4) is 0 Å². The number of fused-ring (bicyclic) bond motifs is 1. The molecule has 3 amide bonds. The molecule has 1 aliphatic carbocycles. The number of carbonyl (C=O) groups excluding carboxylic acids is 3. The first-order valence-electron chi connectivity index (χ1n) is 13.0. The average Bonchev–Trinajstić information content (AvgIpc) is 3.68. The third kappa shape index (κ3) is 4.30. The van der Waals surface area contributed by atoms with E-state index in [1.807, 2.05) is 60.2 Å². The van der Waals surface area contributed by atoms with Crippen molar-refractivity contribution in [1.29, 1.82) is 0 Å². The van der Waals surface area contributed by atoms with E-state index in [1.54, 1.807) is 28.0 Å². The zero-order valence-corrected chi connectivity index (χ0v) is 22.4. The van der Waals surface area contributed by atoms with Crippen LogP contribution in [-0.4, -0.2) is 52.7 Å². The number of carbonyl (C=O) groups is 3. The summed E-state index contributed by atoms with van der Waals surface area (Å²) in [5.41, 5.74) is -0.453. The Morgan fingerprint density at radius 1 is 1.16 bits per heavy atom. The van der Waals surface area contributed by atoms with Gasteiger partial charge in [0, 0.05) is 21.5 Å². The van der Waals surface area contributed by atoms with Crippen LogP contribution in [0.15, 0.2) is 58.8 Å². The predicted octanol–water partition coefficient (Wildman–Crippen LogP) is 4.21. The van der Waals surface area contributed by atoms with Crippen molar-refractivity contribution in [1.82, 2.24) is 10.2 Å². The second-order valence-corrected chi connectivity index (χ2v) is 12.2. The molecule has 3 fully saturated rings. The number of hydrogen-bond donors (Lipinski definition) is 2. The number of anilines is 1. The van der Waals surface area contributed by atoms with Crippen LogP contribution in [0, 0.1) is 11.8 Å². The molecule has 2 bridgehead atoms. The molecule has 37 heavy (non-hydrogen) atoms. The van der Waals surface area contributed by atoms with Gasteiger partial charge in [0.25, 0.3) is 0 Å². The highest BCUT2D eigenvalue weighted by atomic mass is 32.2. The van der Waals surface area contributed by atoms with Crippen molar-refractivity contribution in [2.75, 3.05) is 11.6 Å². The van der Waals surface area contributed by atoms with Crippen LogP contribution in [0.5, 0.6) is 0 Å². The Morgan fingerprint density at radius 2 is 2.00 bits per heavy atom. The van der Waals surface area contributed by atoms with Gasteiger partial charge in [0.05, 0.1) is 24.5 Å². The Balaban J connectivity index is 1.31. The molecule has 3 aliphatic heterocycles. The van der Waals surface area contributed by atoms with Crippen molar-refractivity contribution in [3.63, 3.8) is 0 Å². The lowest BCUT2D eigenvalue weighted by atomic mass is 9.74. The molecule has 6 rings (SSSR count). The number of nitrogens with one attached hydrogen (secondary N) is 2. The minimum Gasteiger partial charge on any atom is -0.359 e. The smallest absolute Gasteiger partial charge is 0.246 e. The molecular formula is C28H31N3O4S2. The first kappa shape index (κ1) is 24.7. The van der Waals surface area contributed by atoms with Gasteiger partial charge >= 0.3 is 0 Å². The van der Waals surface area contributed by atoms with E-state index in [2.05, 4.69) is 10.6 Å². The van der Waals surface area contributed by atoms with Crippen LogP contribution >= 0.6 is 23.1 Å². The number of thioether (sulfide) groups is 1. The molecule has 1 aromatic carbocycles. The molecule has 2 N–H and O–H groups in total. The van der Waals surface area contributed by atoms with Gasteiger partial charge in [-0.3, -0.25) is 14.4 Å². The summed E-state index contributed by atoms with van der Waals surface area (Å²) in [6.07, 6.45) is 10.5. The molecule has 5 atom stereocenters. The van der Waals surface area contributed by atoms with Gasteiger partial charge < -0.3 is 20.3 Å². The molecule has 9 heteroatoms. The fourth-order valence-electron chi connectivity index (χ4n) is 6.46. The van der Waals surface area contributed by atoms with E-state index in [1.165, 1.54) is 6.42 Å². The van der Waals surface area contributed by atoms with E-state index in [-0.39, 0.29) is 23.8 Å². The Kier molecular flexibility index (Phi) is 6.63. The standard InChI is InChI=1S/C28H31N3O4S2/c1-36-19-10-5-9-18(15-19)30-25(32)22-21-12-13-28(35-21)23(22)27(34)31(16-20-11-6-14-37-20)24(28)26(33)29-17-7-3-2-4-8-17/h5-6,9-15,17,21-24H,2-4,7-8,16H2,1H3,(H,29,33)(H,30,32)/t21-,22?,23-,24?,28?/m1/s1. The summed E-state index contributed by atoms with van der Waals surface area (Å²) in [5, 5.41) is 8.20. The second-order valence-electron chi connectivity index (χ2n) is 10.3. The molecular weight excluding hydrogens is 506 g/mol. The third-order valence-corrected chi connectivity index (χ3v) is 9.71. The molecule has 1 spiro atoms. The molecule has 3 unspecified atom stereocenters. The maximum absolute atomic E-state index is 14.0. The van der Waals surface area contributed by atoms with Gasteiger partial charge in [0.15, 0.2) is 0 Å². The fraction of sp³-hybridized carbons (Fsp3) is 0.464. The van der Waals surface area contributed by atoms with Crippen LogP contribution < -0.4 is 10.6 Å². The average molecular weight is 538 g/mol. The predicted molar refractivity (Wildman–Crippen MR) is 144 cm³/mol. The lowest BCUT2D eigenvalue weighted by molar-refractivity contribution is -0.142. The topological polar surface area (TPSA) is 87.7 Å². The largest absolute Gasteiger partial charge is 0.359 e. The van der Waals surface area contributed by atoms with Crippen LogP contribution in [0.4, 0.5) is 5.69 Å². The molecule has 194 valence electrons. The quantitative estimate of drug-likeness (QED) is 0.408. The summed E-state index contributed by atoms with van der Waals surface area (Å²) < 4.78 is 6.45. The van der Waals surface area contributed by atoms with E-state index in [9.17, 15) is 14.4 Å². The Hall–Kier alpha value is -2.62. The summed E-state index contributed by atoms with van der Waals surface area (Å²) in [6, 6.07) is 10.9. The molecule has 1 saturated carbocycles. The highest BCUT2D eigenvalue weighted by molar-refractivity contribution is 7.98. The van der Waals surface area contributed by atoms with Crippen molar-refractivity contribution in [2.45, 2.75) is 67.3 Å². The monoisotopic (exact) mass is 537 g/mol. The Labute approximate surface area is 225 Å². The molecule has 2 aromatic rings. The van der Waals surface area contributed by atoms with E-state index >= 15 is 0 Å². The number of rotatable bonds is 7. The van der Waals surface area contributed by atoms with Gasteiger partial charge in [0.2, 0.25) is 17.7 Å². The lowest BCUT2D eigenvalue weighted by Gasteiger charge is -2.34. The minimum atomic E-state index is -1.14. The highest BCUT2D eigenvalue weighted by Crippen LogP contribution is 2.55. The molecule has 0 radical (unpaired) electrons. The van der Waals surface area contributed by atoms with Crippen molar-refractivity contribution in [3.05, 3.63) is 58.8 Å². The molecule has 4 heterocycles. The normalized spacial score (nSPS) is 30.5. The fourth-order valence-corrected chi connectivity index (χ4v) is 7.62. The lowest BCUT2D eigenvalue weighted by Crippen LogP contribution is -2.56. The molecule has 7 nitrogen and oxygen atoms in total. The summed E-state index contributed by atoms with van der Waals surface area (Å²) in [7, 11) is 0. The van der Waals surface area contributed by atoms with Crippen molar-refractivity contribution in [2.24, 2.45) is 11.8 Å². The van der Waals surface area contributed by atoms with Crippen molar-refractivity contribution >= 4 is 46.5 Å². The Morgan fingerprint density at radius 3 is 2.76 bits per heavy atom. The summed E-state index contributed by atoms with van der Waals surface area (Å²) in [5.74, 6) is -2.07. The van der Waals surface area contributed by atoms with Gasteiger partial charge in [-0.2, -0.15) is 0 Å². The summed E-state index contributed by atoms with van der Waals surface area (Å²) in [6.45, 7) is 0.323. The minimum absolute atomic E-state index is 0.112. The van der Waals surface area contributed by atoms with Gasteiger partial charge in [-0.05, 0) is 48.7 Å². The first-order chi connectivity index (χ1) is 18.0. The maximum Gasteiger partial charge on any atom is 0.246 e. The number of nitrogens with zero attached hydrogens (tertiary/aromatic N) is 1. The van der Waals surface area contributed by atoms with E-state index in [4.69, 9.17) is 4.74 Å². The van der Waals surface area contributed by atoms with E-state index < -0.39 is 29.6 Å². The van der Waals surface area contributed by atoms with Crippen LogP contribution in [0.2, 0.25) is 0 Å². The summed E-state index contributed by atoms with van der Waals surface area (Å²) >= 11 is 3.15. The van der Waals surface area contributed by atoms with Gasteiger partial charge in [0.1, 0.15) is 11.6 Å². The number of ether oxygens (including phenoxy) is 1. The number of hydrogen-bond acceptors (Lipinski definition) is 6. The maximum atomic E-state index is 14.0.